The second-order valence-corrected chi connectivity index (χ2v) is 7.37. The summed E-state index contributed by atoms with van der Waals surface area (Å²) in [6, 6.07) is 3.73. The van der Waals surface area contributed by atoms with Gasteiger partial charge in [0.2, 0.25) is 10.0 Å². The molecule has 1 aliphatic heterocycles. The van der Waals surface area contributed by atoms with Gasteiger partial charge in [-0.15, -0.1) is 0 Å². The van der Waals surface area contributed by atoms with Crippen LogP contribution >= 0.6 is 11.8 Å². The van der Waals surface area contributed by atoms with Crippen LogP contribution < -0.4 is 10.5 Å². The van der Waals surface area contributed by atoms with Crippen LogP contribution in [0.25, 0.3) is 0 Å². The van der Waals surface area contributed by atoms with Crippen molar-refractivity contribution in [2.45, 2.75) is 23.8 Å². The molecule has 3 N–H and O–H groups in total. The lowest BCUT2D eigenvalue weighted by molar-refractivity contribution is -0.386. The number of hydrogen-bond donors (Lipinski definition) is 2. The van der Waals surface area contributed by atoms with Crippen molar-refractivity contribution in [3.63, 3.8) is 0 Å². The Morgan fingerprint density at radius 3 is 2.60 bits per heavy atom. The number of nitro benzene ring substituents is 1. The molecule has 0 aromatic heterocycles. The highest BCUT2D eigenvalue weighted by molar-refractivity contribution is 7.99. The maximum Gasteiger partial charge on any atom is 0.312 e. The summed E-state index contributed by atoms with van der Waals surface area (Å²) in [4.78, 5) is 9.87. The summed E-state index contributed by atoms with van der Waals surface area (Å²) in [7, 11) is -3.94. The molecule has 0 amide bonds. The number of benzene rings is 1. The van der Waals surface area contributed by atoms with E-state index >= 15 is 0 Å². The van der Waals surface area contributed by atoms with E-state index < -0.39 is 20.6 Å². The molecule has 1 aliphatic rings. The van der Waals surface area contributed by atoms with Crippen LogP contribution in [0.2, 0.25) is 0 Å². The van der Waals surface area contributed by atoms with E-state index in [1.807, 2.05) is 0 Å². The topological polar surface area (TPSA) is 115 Å². The van der Waals surface area contributed by atoms with Gasteiger partial charge in [-0.2, -0.15) is 11.8 Å². The Labute approximate surface area is 121 Å². The number of nitro groups is 1. The van der Waals surface area contributed by atoms with Crippen LogP contribution in [0.15, 0.2) is 23.1 Å². The van der Waals surface area contributed by atoms with Crippen LogP contribution in [0.3, 0.4) is 0 Å². The molecule has 0 aliphatic carbocycles. The molecule has 0 atom stereocenters. The highest BCUT2D eigenvalue weighted by atomic mass is 32.2. The molecule has 1 heterocycles. The number of hydrogen-bond acceptors (Lipinski definition) is 6. The molecule has 1 aromatic carbocycles. The zero-order valence-corrected chi connectivity index (χ0v) is 12.2. The quantitative estimate of drug-likeness (QED) is 0.492. The fourth-order valence-electron chi connectivity index (χ4n) is 2.05. The van der Waals surface area contributed by atoms with Crippen molar-refractivity contribution >= 4 is 33.2 Å². The SMILES string of the molecule is Nc1cccc(S(=O)(=O)NC2CCSCC2)c1[N+](=O)[O-]. The molecule has 1 saturated heterocycles. The first kappa shape index (κ1) is 15.1. The third kappa shape index (κ3) is 3.22. The number of thioether (sulfide) groups is 1. The lowest BCUT2D eigenvalue weighted by atomic mass is 10.2. The fraction of sp³-hybridized carbons (Fsp3) is 0.455. The van der Waals surface area contributed by atoms with Gasteiger partial charge in [0.25, 0.3) is 0 Å². The predicted octanol–water partition coefficient (Wildman–Crippen LogP) is 1.35. The highest BCUT2D eigenvalue weighted by Gasteiger charge is 2.30. The van der Waals surface area contributed by atoms with Crippen LogP contribution in [0.4, 0.5) is 11.4 Å². The van der Waals surface area contributed by atoms with E-state index in [4.69, 9.17) is 5.73 Å². The molecule has 0 saturated carbocycles. The van der Waals surface area contributed by atoms with E-state index in [0.29, 0.717) is 0 Å². The molecule has 2 rings (SSSR count). The highest BCUT2D eigenvalue weighted by Crippen LogP contribution is 2.30. The maximum absolute atomic E-state index is 12.3. The summed E-state index contributed by atoms with van der Waals surface area (Å²) < 4.78 is 27.1. The molecule has 0 bridgehead atoms. The van der Waals surface area contributed by atoms with Gasteiger partial charge in [-0.25, -0.2) is 13.1 Å². The normalized spacial score (nSPS) is 17.0. The largest absolute Gasteiger partial charge is 0.393 e. The third-order valence-corrected chi connectivity index (χ3v) is 5.65. The van der Waals surface area contributed by atoms with E-state index in [1.54, 1.807) is 11.8 Å². The monoisotopic (exact) mass is 317 g/mol. The molecule has 9 heteroatoms. The van der Waals surface area contributed by atoms with Gasteiger partial charge in [-0.1, -0.05) is 6.07 Å². The molecule has 7 nitrogen and oxygen atoms in total. The first-order chi connectivity index (χ1) is 9.42. The first-order valence-corrected chi connectivity index (χ1v) is 8.68. The molecule has 1 aromatic rings. The first-order valence-electron chi connectivity index (χ1n) is 6.05. The third-order valence-electron chi connectivity index (χ3n) is 3.05. The Morgan fingerprint density at radius 2 is 2.00 bits per heavy atom. The van der Waals surface area contributed by atoms with Crippen molar-refractivity contribution in [2.24, 2.45) is 0 Å². The summed E-state index contributed by atoms with van der Waals surface area (Å²) in [6.07, 6.45) is 1.44. The smallest absolute Gasteiger partial charge is 0.312 e. The average molecular weight is 317 g/mol. The molecule has 1 fully saturated rings. The van der Waals surface area contributed by atoms with Crippen LogP contribution in [0.5, 0.6) is 0 Å². The summed E-state index contributed by atoms with van der Waals surface area (Å²) in [5.41, 5.74) is 4.79. The molecule has 0 spiro atoms. The zero-order valence-electron chi connectivity index (χ0n) is 10.6. The maximum atomic E-state index is 12.3. The van der Waals surface area contributed by atoms with Crippen LogP contribution in [0, 0.1) is 10.1 Å². The number of nitrogens with two attached hydrogens (primary N) is 1. The summed E-state index contributed by atoms with van der Waals surface area (Å²) in [5.74, 6) is 1.76. The van der Waals surface area contributed by atoms with Crippen LogP contribution in [-0.2, 0) is 10.0 Å². The number of rotatable bonds is 4. The minimum absolute atomic E-state index is 0.155. The van der Waals surface area contributed by atoms with Crippen molar-refractivity contribution in [3.05, 3.63) is 28.3 Å². The summed E-state index contributed by atoms with van der Waals surface area (Å²) >= 11 is 1.77. The minimum Gasteiger partial charge on any atom is -0.393 e. The standard InChI is InChI=1S/C11H15N3O4S2/c12-9-2-1-3-10(11(9)14(15)16)20(17,18)13-8-4-6-19-7-5-8/h1-3,8,13H,4-7,12H2. The Balaban J connectivity index is 2.34. The molecule has 0 radical (unpaired) electrons. The molecular formula is C11H15N3O4S2. The minimum atomic E-state index is -3.94. The van der Waals surface area contributed by atoms with Gasteiger partial charge in [-0.05, 0) is 36.5 Å². The van der Waals surface area contributed by atoms with E-state index in [0.717, 1.165) is 24.3 Å². The van der Waals surface area contributed by atoms with Crippen molar-refractivity contribution in [3.8, 4) is 0 Å². The van der Waals surface area contributed by atoms with Crippen molar-refractivity contribution in [2.75, 3.05) is 17.2 Å². The average Bonchev–Trinajstić information content (AvgIpc) is 2.38. The van der Waals surface area contributed by atoms with E-state index in [2.05, 4.69) is 4.72 Å². The Bertz CT molecular complexity index is 612. The van der Waals surface area contributed by atoms with Crippen molar-refractivity contribution < 1.29 is 13.3 Å². The number of nitrogens with zero attached hydrogens (tertiary/aromatic N) is 1. The molecule has 20 heavy (non-hydrogen) atoms. The molecule has 110 valence electrons. The lowest BCUT2D eigenvalue weighted by Gasteiger charge is -2.22. The van der Waals surface area contributed by atoms with Gasteiger partial charge in [0.15, 0.2) is 4.90 Å². The molecule has 0 unspecified atom stereocenters. The van der Waals surface area contributed by atoms with Gasteiger partial charge in [-0.3, -0.25) is 10.1 Å². The van der Waals surface area contributed by atoms with E-state index in [9.17, 15) is 18.5 Å². The number of para-hydroxylation sites is 1. The Morgan fingerprint density at radius 1 is 1.35 bits per heavy atom. The van der Waals surface area contributed by atoms with Gasteiger partial charge < -0.3 is 5.73 Å². The second kappa shape index (κ2) is 5.98. The molecular weight excluding hydrogens is 302 g/mol. The number of anilines is 1. The van der Waals surface area contributed by atoms with Crippen molar-refractivity contribution in [1.29, 1.82) is 0 Å². The fourth-order valence-corrected chi connectivity index (χ4v) is 4.66. The van der Waals surface area contributed by atoms with Gasteiger partial charge in [0.1, 0.15) is 5.69 Å². The number of nitrogens with one attached hydrogen (secondary N) is 1. The second-order valence-electron chi connectivity index (χ2n) is 4.46. The zero-order chi connectivity index (χ0) is 14.8. The summed E-state index contributed by atoms with van der Waals surface area (Å²) in [6.45, 7) is 0. The van der Waals surface area contributed by atoms with Gasteiger partial charge in [0, 0.05) is 6.04 Å². The van der Waals surface area contributed by atoms with Crippen LogP contribution in [0.1, 0.15) is 12.8 Å². The Hall–Kier alpha value is -1.32. The van der Waals surface area contributed by atoms with E-state index in [-0.39, 0.29) is 16.6 Å². The lowest BCUT2D eigenvalue weighted by Crippen LogP contribution is -2.37. The van der Waals surface area contributed by atoms with Gasteiger partial charge in [0.05, 0.1) is 4.92 Å². The van der Waals surface area contributed by atoms with Gasteiger partial charge >= 0.3 is 5.69 Å². The van der Waals surface area contributed by atoms with E-state index in [1.165, 1.54) is 18.2 Å². The Kier molecular flexibility index (Phi) is 4.51. The number of nitrogen functional groups attached to an aromatic ring is 1. The van der Waals surface area contributed by atoms with Crippen LogP contribution in [-0.4, -0.2) is 30.9 Å². The summed E-state index contributed by atoms with van der Waals surface area (Å²) in [5, 5.41) is 11.0. The number of sulfonamides is 1. The predicted molar refractivity (Wildman–Crippen MR) is 78.2 cm³/mol. The van der Waals surface area contributed by atoms with Crippen molar-refractivity contribution in [1.82, 2.24) is 4.72 Å².